The normalized spacial score (nSPS) is 10.7. The molecule has 0 amide bonds. The molecule has 0 spiro atoms. The van der Waals surface area contributed by atoms with E-state index in [9.17, 15) is 4.39 Å². The van der Waals surface area contributed by atoms with E-state index in [-0.39, 0.29) is 11.7 Å². The van der Waals surface area contributed by atoms with Gasteiger partial charge in [0.25, 0.3) is 5.89 Å². The molecular weight excluding hydrogens is 271 g/mol. The highest BCUT2D eigenvalue weighted by molar-refractivity contribution is 5.53. The average Bonchev–Trinajstić information content (AvgIpc) is 2.97. The Hall–Kier alpha value is -2.60. The minimum atomic E-state index is -0.379. The second-order valence-electron chi connectivity index (χ2n) is 4.45. The summed E-state index contributed by atoms with van der Waals surface area (Å²) in [7, 11) is 0. The largest absolute Gasteiger partial charge is 0.419 e. The third kappa shape index (κ3) is 3.29. The molecule has 106 valence electrons. The van der Waals surface area contributed by atoms with Crippen LogP contribution in [-0.2, 0) is 13.1 Å². The van der Waals surface area contributed by atoms with Crippen LogP contribution in [0.2, 0.25) is 0 Å². The van der Waals surface area contributed by atoms with Gasteiger partial charge in [-0.15, -0.1) is 10.2 Å². The third-order valence-electron chi connectivity index (χ3n) is 2.90. The molecule has 21 heavy (non-hydrogen) atoms. The van der Waals surface area contributed by atoms with Crippen molar-refractivity contribution >= 4 is 0 Å². The summed E-state index contributed by atoms with van der Waals surface area (Å²) in [5.74, 6) is 0.222. The SMILES string of the molecule is Fc1ccccc1-c1nnc(CNCc2cccnc2)o1. The molecule has 6 heteroatoms. The standard InChI is InChI=1S/C15H13FN4O/c16-13-6-2-1-5-12(13)15-20-19-14(21-15)10-18-9-11-4-3-7-17-8-11/h1-8,18H,9-10H2. The Morgan fingerprint density at radius 1 is 1.05 bits per heavy atom. The Labute approximate surface area is 120 Å². The zero-order valence-electron chi connectivity index (χ0n) is 11.2. The van der Waals surface area contributed by atoms with Crippen LogP contribution in [0.5, 0.6) is 0 Å². The van der Waals surface area contributed by atoms with E-state index in [0.29, 0.717) is 24.5 Å². The van der Waals surface area contributed by atoms with Crippen LogP contribution in [0.3, 0.4) is 0 Å². The van der Waals surface area contributed by atoms with Gasteiger partial charge in [0, 0.05) is 18.9 Å². The molecule has 0 unspecified atom stereocenters. The molecule has 1 N–H and O–H groups in total. The monoisotopic (exact) mass is 284 g/mol. The van der Waals surface area contributed by atoms with Gasteiger partial charge >= 0.3 is 0 Å². The first kappa shape index (κ1) is 13.4. The maximum Gasteiger partial charge on any atom is 0.250 e. The van der Waals surface area contributed by atoms with Crippen molar-refractivity contribution in [2.45, 2.75) is 13.1 Å². The van der Waals surface area contributed by atoms with Gasteiger partial charge in [0.05, 0.1) is 12.1 Å². The number of rotatable bonds is 5. The highest BCUT2D eigenvalue weighted by Gasteiger charge is 2.11. The smallest absolute Gasteiger partial charge is 0.250 e. The van der Waals surface area contributed by atoms with Crippen molar-refractivity contribution in [2.75, 3.05) is 0 Å². The summed E-state index contributed by atoms with van der Waals surface area (Å²) in [5, 5.41) is 10.9. The van der Waals surface area contributed by atoms with Crippen LogP contribution >= 0.6 is 0 Å². The molecule has 0 aliphatic carbocycles. The van der Waals surface area contributed by atoms with E-state index in [2.05, 4.69) is 20.5 Å². The van der Waals surface area contributed by atoms with Crippen molar-refractivity contribution in [3.8, 4) is 11.5 Å². The van der Waals surface area contributed by atoms with Gasteiger partial charge < -0.3 is 9.73 Å². The van der Waals surface area contributed by atoms with Crippen molar-refractivity contribution in [3.63, 3.8) is 0 Å². The topological polar surface area (TPSA) is 63.8 Å². The van der Waals surface area contributed by atoms with Crippen molar-refractivity contribution in [1.29, 1.82) is 0 Å². The summed E-state index contributed by atoms with van der Waals surface area (Å²) in [6, 6.07) is 10.2. The first-order chi connectivity index (χ1) is 10.3. The summed E-state index contributed by atoms with van der Waals surface area (Å²) in [5.41, 5.74) is 1.37. The minimum Gasteiger partial charge on any atom is -0.419 e. The lowest BCUT2D eigenvalue weighted by atomic mass is 10.2. The number of aromatic nitrogens is 3. The summed E-state index contributed by atoms with van der Waals surface area (Å²) in [4.78, 5) is 4.03. The summed E-state index contributed by atoms with van der Waals surface area (Å²) in [6.45, 7) is 1.06. The lowest BCUT2D eigenvalue weighted by molar-refractivity contribution is 0.474. The molecule has 3 rings (SSSR count). The van der Waals surface area contributed by atoms with E-state index < -0.39 is 0 Å². The molecule has 1 aromatic carbocycles. The second kappa shape index (κ2) is 6.23. The molecule has 0 saturated carbocycles. The molecule has 2 heterocycles. The highest BCUT2D eigenvalue weighted by atomic mass is 19.1. The Balaban J connectivity index is 1.62. The quantitative estimate of drug-likeness (QED) is 0.780. The molecule has 2 aromatic heterocycles. The average molecular weight is 284 g/mol. The fourth-order valence-corrected chi connectivity index (χ4v) is 1.88. The maximum atomic E-state index is 13.6. The zero-order valence-corrected chi connectivity index (χ0v) is 11.2. The number of hydrogen-bond acceptors (Lipinski definition) is 5. The number of halogens is 1. The molecule has 0 saturated heterocycles. The molecule has 0 aliphatic rings. The van der Waals surface area contributed by atoms with Crippen LogP contribution in [0.15, 0.2) is 53.2 Å². The van der Waals surface area contributed by atoms with Gasteiger partial charge in [0.1, 0.15) is 5.82 Å². The Morgan fingerprint density at radius 2 is 1.95 bits per heavy atom. The van der Waals surface area contributed by atoms with Crippen LogP contribution in [-0.4, -0.2) is 15.2 Å². The highest BCUT2D eigenvalue weighted by Crippen LogP contribution is 2.20. The maximum absolute atomic E-state index is 13.6. The molecule has 3 aromatic rings. The fraction of sp³-hybridized carbons (Fsp3) is 0.133. The van der Waals surface area contributed by atoms with Crippen LogP contribution in [0.1, 0.15) is 11.5 Å². The number of nitrogens with one attached hydrogen (secondary N) is 1. The summed E-state index contributed by atoms with van der Waals surface area (Å²) >= 11 is 0. The van der Waals surface area contributed by atoms with Gasteiger partial charge in [-0.05, 0) is 23.8 Å². The van der Waals surface area contributed by atoms with E-state index in [1.165, 1.54) is 6.07 Å². The van der Waals surface area contributed by atoms with E-state index >= 15 is 0 Å². The van der Waals surface area contributed by atoms with Gasteiger partial charge in [0.2, 0.25) is 5.89 Å². The lowest BCUT2D eigenvalue weighted by Crippen LogP contribution is -2.12. The molecule has 0 radical (unpaired) electrons. The first-order valence-corrected chi connectivity index (χ1v) is 6.50. The van der Waals surface area contributed by atoms with Gasteiger partial charge in [-0.2, -0.15) is 0 Å². The summed E-state index contributed by atoms with van der Waals surface area (Å²) in [6.07, 6.45) is 3.51. The van der Waals surface area contributed by atoms with Crippen LogP contribution in [0.25, 0.3) is 11.5 Å². The second-order valence-corrected chi connectivity index (χ2v) is 4.45. The molecule has 0 aliphatic heterocycles. The molecule has 0 fully saturated rings. The minimum absolute atomic E-state index is 0.186. The predicted octanol–water partition coefficient (Wildman–Crippen LogP) is 2.56. The van der Waals surface area contributed by atoms with Gasteiger partial charge in [-0.25, -0.2) is 4.39 Å². The molecule has 0 atom stereocenters. The van der Waals surface area contributed by atoms with Crippen molar-refractivity contribution in [2.24, 2.45) is 0 Å². The van der Waals surface area contributed by atoms with E-state index in [0.717, 1.165) is 5.56 Å². The molecule has 0 bridgehead atoms. The van der Waals surface area contributed by atoms with Crippen LogP contribution < -0.4 is 5.32 Å². The Morgan fingerprint density at radius 3 is 2.76 bits per heavy atom. The number of benzene rings is 1. The lowest BCUT2D eigenvalue weighted by Gasteiger charge is -2.01. The van der Waals surface area contributed by atoms with Crippen LogP contribution in [0, 0.1) is 5.82 Å². The van der Waals surface area contributed by atoms with Crippen molar-refractivity contribution in [1.82, 2.24) is 20.5 Å². The van der Waals surface area contributed by atoms with Crippen molar-refractivity contribution < 1.29 is 8.81 Å². The molecular formula is C15H13FN4O. The van der Waals surface area contributed by atoms with Crippen molar-refractivity contribution in [3.05, 3.63) is 66.1 Å². The summed E-state index contributed by atoms with van der Waals surface area (Å²) < 4.78 is 19.1. The van der Waals surface area contributed by atoms with Crippen LogP contribution in [0.4, 0.5) is 4.39 Å². The van der Waals surface area contributed by atoms with Gasteiger partial charge in [-0.1, -0.05) is 18.2 Å². The number of pyridine rings is 1. The fourth-order valence-electron chi connectivity index (χ4n) is 1.88. The van der Waals surface area contributed by atoms with E-state index in [1.54, 1.807) is 30.6 Å². The molecule has 5 nitrogen and oxygen atoms in total. The number of hydrogen-bond donors (Lipinski definition) is 1. The Bertz CT molecular complexity index is 714. The van der Waals surface area contributed by atoms with E-state index in [4.69, 9.17) is 4.42 Å². The van der Waals surface area contributed by atoms with E-state index in [1.807, 2.05) is 12.1 Å². The van der Waals surface area contributed by atoms with Gasteiger partial charge in [0.15, 0.2) is 0 Å². The predicted molar refractivity (Wildman–Crippen MR) is 74.5 cm³/mol. The third-order valence-corrected chi connectivity index (χ3v) is 2.90. The zero-order chi connectivity index (χ0) is 14.5. The number of nitrogens with zero attached hydrogens (tertiary/aromatic N) is 3. The van der Waals surface area contributed by atoms with Gasteiger partial charge in [-0.3, -0.25) is 4.98 Å². The Kier molecular flexibility index (Phi) is 3.97. The first-order valence-electron chi connectivity index (χ1n) is 6.50.